The van der Waals surface area contributed by atoms with E-state index in [0.29, 0.717) is 0 Å². The number of aryl methyl sites for hydroxylation is 1. The summed E-state index contributed by atoms with van der Waals surface area (Å²) in [5, 5.41) is 0. The van der Waals surface area contributed by atoms with E-state index in [9.17, 15) is 4.39 Å². The minimum atomic E-state index is -0.235. The number of rotatable bonds is 11. The van der Waals surface area contributed by atoms with Crippen molar-refractivity contribution in [2.75, 3.05) is 13.3 Å². The lowest BCUT2D eigenvalue weighted by Crippen LogP contribution is -2.27. The topological polar surface area (TPSA) is 39.5 Å². The number of ether oxygens (including phenoxy) is 2. The molecule has 0 unspecified atom stereocenters. The maximum Gasteiger partial charge on any atom is 0.231 e. The van der Waals surface area contributed by atoms with E-state index in [1.54, 1.807) is 0 Å². The average molecular weight is 500 g/mol. The smallest absolute Gasteiger partial charge is 0.231 e. The Morgan fingerprint density at radius 1 is 0.919 bits per heavy atom. The molecular weight excluding hydrogens is 465 g/mol. The standard InChI is InChI=1S/C31H34FN3O2/c1-3-4-16-35-28(19-33-31(35)26-10-12-27(32)13-11-26)21-34(17-15-24-7-5-23(2)6-8-24)20-25-9-14-29-30(18-25)37-22-36-29/h5-14,18-19H,3-4,15-17,20-22H2,1-2H3. The van der Waals surface area contributed by atoms with Crippen LogP contribution in [0.3, 0.4) is 0 Å². The third kappa shape index (κ3) is 6.20. The van der Waals surface area contributed by atoms with E-state index in [-0.39, 0.29) is 12.6 Å². The van der Waals surface area contributed by atoms with Gasteiger partial charge in [-0.05, 0) is 67.3 Å². The van der Waals surface area contributed by atoms with Crippen LogP contribution in [0.2, 0.25) is 0 Å². The number of halogens is 1. The molecule has 0 spiro atoms. The van der Waals surface area contributed by atoms with E-state index < -0.39 is 0 Å². The lowest BCUT2D eigenvalue weighted by atomic mass is 10.1. The van der Waals surface area contributed by atoms with Gasteiger partial charge in [0.1, 0.15) is 11.6 Å². The van der Waals surface area contributed by atoms with E-state index in [1.165, 1.54) is 28.8 Å². The van der Waals surface area contributed by atoms with Crippen molar-refractivity contribution >= 4 is 0 Å². The van der Waals surface area contributed by atoms with Gasteiger partial charge < -0.3 is 14.0 Å². The fourth-order valence-corrected chi connectivity index (χ4v) is 4.71. The number of fused-ring (bicyclic) bond motifs is 1. The Morgan fingerprint density at radius 3 is 2.46 bits per heavy atom. The first-order valence-corrected chi connectivity index (χ1v) is 13.1. The van der Waals surface area contributed by atoms with Gasteiger partial charge in [-0.1, -0.05) is 49.2 Å². The van der Waals surface area contributed by atoms with Crippen LogP contribution >= 0.6 is 0 Å². The summed E-state index contributed by atoms with van der Waals surface area (Å²) >= 11 is 0. The molecule has 5 rings (SSSR count). The summed E-state index contributed by atoms with van der Waals surface area (Å²) in [5.74, 6) is 2.27. The van der Waals surface area contributed by atoms with Gasteiger partial charge in [-0.15, -0.1) is 0 Å². The highest BCUT2D eigenvalue weighted by atomic mass is 19.1. The van der Waals surface area contributed by atoms with Gasteiger partial charge in [-0.2, -0.15) is 0 Å². The SMILES string of the molecule is CCCCn1c(CN(CCc2ccc(C)cc2)Cc2ccc3c(c2)OCO3)cnc1-c1ccc(F)cc1. The van der Waals surface area contributed by atoms with Crippen molar-refractivity contribution in [2.45, 2.75) is 52.7 Å². The van der Waals surface area contributed by atoms with Gasteiger partial charge in [0.2, 0.25) is 6.79 Å². The Labute approximate surface area is 218 Å². The predicted molar refractivity (Wildman–Crippen MR) is 144 cm³/mol. The molecule has 0 aliphatic carbocycles. The lowest BCUT2D eigenvalue weighted by molar-refractivity contribution is 0.174. The molecule has 0 N–H and O–H groups in total. The molecule has 0 saturated carbocycles. The Kier molecular flexibility index (Phi) is 7.85. The largest absolute Gasteiger partial charge is 0.454 e. The summed E-state index contributed by atoms with van der Waals surface area (Å²) in [5.41, 5.74) is 5.89. The second-order valence-corrected chi connectivity index (χ2v) is 9.72. The summed E-state index contributed by atoms with van der Waals surface area (Å²) in [4.78, 5) is 7.25. The molecular formula is C31H34FN3O2. The van der Waals surface area contributed by atoms with Crippen LogP contribution in [0.5, 0.6) is 11.5 Å². The van der Waals surface area contributed by atoms with E-state index in [4.69, 9.17) is 14.5 Å². The molecule has 5 nitrogen and oxygen atoms in total. The molecule has 0 amide bonds. The van der Waals surface area contributed by atoms with Crippen LogP contribution in [-0.2, 0) is 26.1 Å². The summed E-state index contributed by atoms with van der Waals surface area (Å²) < 4.78 is 27.0. The van der Waals surface area contributed by atoms with Crippen molar-refractivity contribution in [3.8, 4) is 22.9 Å². The van der Waals surface area contributed by atoms with Crippen LogP contribution in [0.25, 0.3) is 11.4 Å². The van der Waals surface area contributed by atoms with Crippen molar-refractivity contribution in [1.29, 1.82) is 0 Å². The molecule has 2 heterocycles. The monoisotopic (exact) mass is 499 g/mol. The van der Waals surface area contributed by atoms with Crippen LogP contribution in [0, 0.1) is 12.7 Å². The van der Waals surface area contributed by atoms with E-state index in [1.807, 2.05) is 24.4 Å². The lowest BCUT2D eigenvalue weighted by Gasteiger charge is -2.24. The Balaban J connectivity index is 1.40. The normalized spacial score (nSPS) is 12.4. The first-order valence-electron chi connectivity index (χ1n) is 13.1. The molecule has 4 aromatic rings. The maximum atomic E-state index is 13.6. The number of benzene rings is 3. The first kappa shape index (κ1) is 25.0. The van der Waals surface area contributed by atoms with Crippen LogP contribution in [-0.4, -0.2) is 27.8 Å². The zero-order chi connectivity index (χ0) is 25.6. The number of nitrogens with zero attached hydrogens (tertiary/aromatic N) is 3. The molecule has 3 aromatic carbocycles. The summed E-state index contributed by atoms with van der Waals surface area (Å²) in [6.07, 6.45) is 5.09. The summed E-state index contributed by atoms with van der Waals surface area (Å²) in [6, 6.07) is 21.6. The highest BCUT2D eigenvalue weighted by Crippen LogP contribution is 2.33. The number of aromatic nitrogens is 2. The van der Waals surface area contributed by atoms with Crippen molar-refractivity contribution in [3.63, 3.8) is 0 Å². The highest BCUT2D eigenvalue weighted by molar-refractivity contribution is 5.56. The fraction of sp³-hybridized carbons (Fsp3) is 0.323. The molecule has 6 heteroatoms. The van der Waals surface area contributed by atoms with Crippen molar-refractivity contribution in [3.05, 3.63) is 101 Å². The number of imidazole rings is 1. The van der Waals surface area contributed by atoms with Crippen molar-refractivity contribution in [2.24, 2.45) is 0 Å². The van der Waals surface area contributed by atoms with Gasteiger partial charge in [-0.25, -0.2) is 9.37 Å². The molecule has 37 heavy (non-hydrogen) atoms. The van der Waals surface area contributed by atoms with Gasteiger partial charge in [0.05, 0.1) is 11.9 Å². The average Bonchev–Trinajstić information content (AvgIpc) is 3.54. The fourth-order valence-electron chi connectivity index (χ4n) is 4.71. The van der Waals surface area contributed by atoms with E-state index >= 15 is 0 Å². The number of hydrogen-bond acceptors (Lipinski definition) is 4. The quantitative estimate of drug-likeness (QED) is 0.228. The highest BCUT2D eigenvalue weighted by Gasteiger charge is 2.18. The van der Waals surface area contributed by atoms with Gasteiger partial charge in [0.15, 0.2) is 11.5 Å². The Bertz CT molecular complexity index is 1320. The number of hydrogen-bond donors (Lipinski definition) is 0. The van der Waals surface area contributed by atoms with E-state index in [2.05, 4.69) is 59.7 Å². The van der Waals surface area contributed by atoms with Crippen LogP contribution in [0.4, 0.5) is 4.39 Å². The van der Waals surface area contributed by atoms with Crippen LogP contribution in [0.1, 0.15) is 42.1 Å². The van der Waals surface area contributed by atoms with Gasteiger partial charge in [0, 0.05) is 31.7 Å². The van der Waals surface area contributed by atoms with E-state index in [0.717, 1.165) is 74.0 Å². The molecule has 1 aromatic heterocycles. The summed E-state index contributed by atoms with van der Waals surface area (Å²) in [6.45, 7) is 7.93. The van der Waals surface area contributed by atoms with Gasteiger partial charge >= 0.3 is 0 Å². The molecule has 0 radical (unpaired) electrons. The Morgan fingerprint density at radius 2 is 1.68 bits per heavy atom. The second-order valence-electron chi connectivity index (χ2n) is 9.72. The number of unbranched alkanes of at least 4 members (excludes halogenated alkanes) is 1. The zero-order valence-electron chi connectivity index (χ0n) is 21.6. The third-order valence-electron chi connectivity index (χ3n) is 6.84. The van der Waals surface area contributed by atoms with Crippen LogP contribution in [0.15, 0.2) is 72.9 Å². The van der Waals surface area contributed by atoms with Gasteiger partial charge in [0.25, 0.3) is 0 Å². The van der Waals surface area contributed by atoms with Crippen molar-refractivity contribution < 1.29 is 13.9 Å². The Hall–Kier alpha value is -3.64. The van der Waals surface area contributed by atoms with Gasteiger partial charge in [-0.3, -0.25) is 4.90 Å². The maximum absolute atomic E-state index is 13.6. The minimum Gasteiger partial charge on any atom is -0.454 e. The predicted octanol–water partition coefficient (Wildman–Crippen LogP) is 6.77. The zero-order valence-corrected chi connectivity index (χ0v) is 21.6. The first-order chi connectivity index (χ1) is 18.1. The molecule has 0 fully saturated rings. The molecule has 0 atom stereocenters. The third-order valence-corrected chi connectivity index (χ3v) is 6.84. The van der Waals surface area contributed by atoms with Crippen LogP contribution < -0.4 is 9.47 Å². The summed E-state index contributed by atoms with van der Waals surface area (Å²) in [7, 11) is 0. The molecule has 1 aliphatic heterocycles. The minimum absolute atomic E-state index is 0.235. The molecule has 0 saturated heterocycles. The van der Waals surface area contributed by atoms with Crippen molar-refractivity contribution in [1.82, 2.24) is 14.5 Å². The molecule has 0 bridgehead atoms. The second kappa shape index (κ2) is 11.6. The molecule has 192 valence electrons. The molecule has 1 aliphatic rings.